The third-order valence-corrected chi connectivity index (χ3v) is 9.92. The molecule has 1 aliphatic carbocycles. The number of benzene rings is 5. The first kappa shape index (κ1) is 29.4. The van der Waals surface area contributed by atoms with Crippen LogP contribution in [0.25, 0.3) is 21.9 Å². The van der Waals surface area contributed by atoms with Crippen LogP contribution < -0.4 is 0 Å². The van der Waals surface area contributed by atoms with Crippen molar-refractivity contribution in [3.63, 3.8) is 0 Å². The molecule has 5 aromatic carbocycles. The van der Waals surface area contributed by atoms with Gasteiger partial charge in [-0.25, -0.2) is 0 Å². The number of fused-ring (bicyclic) bond motifs is 5. The van der Waals surface area contributed by atoms with E-state index in [-0.39, 0.29) is 5.41 Å². The van der Waals surface area contributed by atoms with E-state index in [2.05, 4.69) is 125 Å². The van der Waals surface area contributed by atoms with Gasteiger partial charge in [0.2, 0.25) is 0 Å². The molecule has 0 aliphatic heterocycles. The van der Waals surface area contributed by atoms with Crippen LogP contribution in [-0.2, 0) is 18.3 Å². The Morgan fingerprint density at radius 3 is 1.63 bits per heavy atom. The lowest BCUT2D eigenvalue weighted by Crippen LogP contribution is -2.29. The number of rotatable bonds is 12. The molecule has 0 heterocycles. The Morgan fingerprint density at radius 2 is 1.07 bits per heavy atom. The Hall–Kier alpha value is -3.64. The van der Waals surface area contributed by atoms with Gasteiger partial charge >= 0.3 is 0 Å². The second-order valence-corrected chi connectivity index (χ2v) is 13.0. The average molecular weight is 565 g/mol. The van der Waals surface area contributed by atoms with Crippen molar-refractivity contribution in [3.8, 4) is 11.1 Å². The summed E-state index contributed by atoms with van der Waals surface area (Å²) in [5, 5.41) is 2.72. The lowest BCUT2D eigenvalue weighted by Gasteiger charge is -2.34. The topological polar surface area (TPSA) is 0 Å². The van der Waals surface area contributed by atoms with Crippen LogP contribution in [0, 0.1) is 13.8 Å². The largest absolute Gasteiger partial charge is 0.0713 e. The molecule has 0 unspecified atom stereocenters. The quantitative estimate of drug-likeness (QED) is 0.130. The third kappa shape index (κ3) is 5.46. The molecule has 220 valence electrons. The molecule has 0 saturated heterocycles. The van der Waals surface area contributed by atoms with Crippen LogP contribution in [-0.4, -0.2) is 0 Å². The molecule has 0 nitrogen and oxygen atoms in total. The van der Waals surface area contributed by atoms with Crippen molar-refractivity contribution in [2.45, 2.75) is 97.3 Å². The van der Waals surface area contributed by atoms with E-state index < -0.39 is 0 Å². The standard InChI is InChI=1S/C43H48/c1-5-7-9-11-15-33-20-24-35(25-21-33)43(36-26-22-34(23-27-36)16-12-10-8-6-2)40-29-31(3)19-28-39(40)42-38-18-14-13-17-37(38)32(4)30-41(42)43/h13-14,17-30H,5-12,15-16H2,1-4H3. The lowest BCUT2D eigenvalue weighted by atomic mass is 9.67. The predicted molar refractivity (Wildman–Crippen MR) is 186 cm³/mol. The molecule has 0 atom stereocenters. The third-order valence-electron chi connectivity index (χ3n) is 9.92. The highest BCUT2D eigenvalue weighted by molar-refractivity contribution is 6.05. The van der Waals surface area contributed by atoms with Crippen molar-refractivity contribution < 1.29 is 0 Å². The van der Waals surface area contributed by atoms with Gasteiger partial charge < -0.3 is 0 Å². The summed E-state index contributed by atoms with van der Waals surface area (Å²) in [6.07, 6.45) is 12.7. The molecule has 5 aromatic rings. The summed E-state index contributed by atoms with van der Waals surface area (Å²) in [4.78, 5) is 0. The van der Waals surface area contributed by atoms with Gasteiger partial charge in [0, 0.05) is 0 Å². The molecular formula is C43H48. The summed E-state index contributed by atoms with van der Waals surface area (Å²) >= 11 is 0. The monoisotopic (exact) mass is 564 g/mol. The average Bonchev–Trinajstić information content (AvgIpc) is 3.32. The summed E-state index contributed by atoms with van der Waals surface area (Å²) < 4.78 is 0. The van der Waals surface area contributed by atoms with Gasteiger partial charge in [-0.1, -0.05) is 155 Å². The highest BCUT2D eigenvalue weighted by Gasteiger charge is 2.47. The van der Waals surface area contributed by atoms with Crippen molar-refractivity contribution in [1.82, 2.24) is 0 Å². The molecule has 1 aliphatic rings. The Labute approximate surface area is 260 Å². The van der Waals surface area contributed by atoms with Gasteiger partial charge in [-0.3, -0.25) is 0 Å². The molecule has 0 N–H and O–H groups in total. The van der Waals surface area contributed by atoms with E-state index in [4.69, 9.17) is 0 Å². The summed E-state index contributed by atoms with van der Waals surface area (Å²) in [6, 6.07) is 38.1. The SMILES string of the molecule is CCCCCCc1ccc(C2(c3ccc(CCCCCC)cc3)c3cc(C)ccc3-c3c2cc(C)c2ccccc32)cc1. The second-order valence-electron chi connectivity index (χ2n) is 13.0. The van der Waals surface area contributed by atoms with Gasteiger partial charge in [0.15, 0.2) is 0 Å². The first-order chi connectivity index (χ1) is 21.1. The van der Waals surface area contributed by atoms with Crippen LogP contribution in [0.15, 0.2) is 97.1 Å². The number of hydrogen-bond donors (Lipinski definition) is 0. The molecular weight excluding hydrogens is 516 g/mol. The summed E-state index contributed by atoms with van der Waals surface area (Å²) in [5.74, 6) is 0. The van der Waals surface area contributed by atoms with E-state index in [1.807, 2.05) is 0 Å². The molecule has 0 fully saturated rings. The van der Waals surface area contributed by atoms with Gasteiger partial charge in [0.05, 0.1) is 5.41 Å². The van der Waals surface area contributed by atoms with Crippen LogP contribution in [0.2, 0.25) is 0 Å². The zero-order valence-corrected chi connectivity index (χ0v) is 26.8. The Kier molecular flexibility index (Phi) is 8.85. The fourth-order valence-electron chi connectivity index (χ4n) is 7.62. The molecule has 43 heavy (non-hydrogen) atoms. The Morgan fingerprint density at radius 1 is 0.512 bits per heavy atom. The molecule has 0 amide bonds. The molecule has 0 radical (unpaired) electrons. The van der Waals surface area contributed by atoms with Crippen molar-refractivity contribution in [2.24, 2.45) is 0 Å². The molecule has 0 heteroatoms. The van der Waals surface area contributed by atoms with Crippen LogP contribution in [0.5, 0.6) is 0 Å². The minimum atomic E-state index is -0.354. The fourth-order valence-corrected chi connectivity index (χ4v) is 7.62. The van der Waals surface area contributed by atoms with Gasteiger partial charge in [-0.15, -0.1) is 0 Å². The van der Waals surface area contributed by atoms with Gasteiger partial charge in [-0.05, 0) is 100 Å². The van der Waals surface area contributed by atoms with Gasteiger partial charge in [0.25, 0.3) is 0 Å². The van der Waals surface area contributed by atoms with E-state index in [1.54, 1.807) is 0 Å². The number of hydrogen-bond acceptors (Lipinski definition) is 0. The van der Waals surface area contributed by atoms with E-state index in [9.17, 15) is 0 Å². The first-order valence-electron chi connectivity index (χ1n) is 16.9. The lowest BCUT2D eigenvalue weighted by molar-refractivity contribution is 0.666. The normalized spacial score (nSPS) is 13.3. The van der Waals surface area contributed by atoms with E-state index in [0.29, 0.717) is 0 Å². The van der Waals surface area contributed by atoms with Crippen molar-refractivity contribution in [2.75, 3.05) is 0 Å². The zero-order valence-electron chi connectivity index (χ0n) is 26.8. The molecule has 0 bridgehead atoms. The smallest absolute Gasteiger partial charge is 0.0654 e. The minimum Gasteiger partial charge on any atom is -0.0654 e. The molecule has 0 saturated carbocycles. The molecule has 6 rings (SSSR count). The second kappa shape index (κ2) is 12.9. The predicted octanol–water partition coefficient (Wildman–Crippen LogP) is 12.1. The highest BCUT2D eigenvalue weighted by atomic mass is 14.5. The summed E-state index contributed by atoms with van der Waals surface area (Å²) in [7, 11) is 0. The highest BCUT2D eigenvalue weighted by Crippen LogP contribution is 2.58. The van der Waals surface area contributed by atoms with Crippen molar-refractivity contribution >= 4 is 10.8 Å². The minimum absolute atomic E-state index is 0.354. The maximum Gasteiger partial charge on any atom is 0.0713 e. The number of aryl methyl sites for hydroxylation is 4. The van der Waals surface area contributed by atoms with Crippen molar-refractivity contribution in [3.05, 3.63) is 142 Å². The van der Waals surface area contributed by atoms with E-state index in [0.717, 1.165) is 12.8 Å². The number of unbranched alkanes of at least 4 members (excludes halogenated alkanes) is 6. The van der Waals surface area contributed by atoms with E-state index in [1.165, 1.54) is 118 Å². The van der Waals surface area contributed by atoms with E-state index >= 15 is 0 Å². The van der Waals surface area contributed by atoms with Crippen LogP contribution >= 0.6 is 0 Å². The van der Waals surface area contributed by atoms with Crippen LogP contribution in [0.3, 0.4) is 0 Å². The summed E-state index contributed by atoms with van der Waals surface area (Å²) in [5.41, 5.74) is 13.6. The van der Waals surface area contributed by atoms with Crippen molar-refractivity contribution in [1.29, 1.82) is 0 Å². The van der Waals surface area contributed by atoms with Gasteiger partial charge in [-0.2, -0.15) is 0 Å². The van der Waals surface area contributed by atoms with Gasteiger partial charge in [0.1, 0.15) is 0 Å². The molecule has 0 spiro atoms. The van der Waals surface area contributed by atoms with Crippen LogP contribution in [0.4, 0.5) is 0 Å². The van der Waals surface area contributed by atoms with Crippen LogP contribution in [0.1, 0.15) is 110 Å². The fraction of sp³-hybridized carbons (Fsp3) is 0.349. The zero-order chi connectivity index (χ0) is 29.8. The maximum absolute atomic E-state index is 2.50. The Bertz CT molecular complexity index is 1630. The Balaban J connectivity index is 1.55. The molecule has 0 aromatic heterocycles. The summed E-state index contributed by atoms with van der Waals surface area (Å²) in [6.45, 7) is 9.12. The maximum atomic E-state index is 2.50. The first-order valence-corrected chi connectivity index (χ1v) is 16.9.